The lowest BCUT2D eigenvalue weighted by molar-refractivity contribution is -0.133. The minimum atomic E-state index is -0.342. The molecule has 2 amide bonds. The Morgan fingerprint density at radius 3 is 2.17 bits per heavy atom. The molecule has 0 unspecified atom stereocenters. The number of benzene rings is 2. The van der Waals surface area contributed by atoms with E-state index in [0.29, 0.717) is 23.6 Å². The van der Waals surface area contributed by atoms with Gasteiger partial charge < -0.3 is 24.0 Å². The van der Waals surface area contributed by atoms with Crippen LogP contribution < -0.4 is 9.47 Å². The van der Waals surface area contributed by atoms with Crippen LogP contribution in [0.2, 0.25) is 0 Å². The van der Waals surface area contributed by atoms with Gasteiger partial charge in [0.2, 0.25) is 5.91 Å². The molecule has 0 spiro atoms. The molecule has 0 saturated carbocycles. The van der Waals surface area contributed by atoms with Crippen LogP contribution in [0, 0.1) is 5.82 Å². The summed E-state index contributed by atoms with van der Waals surface area (Å²) in [4.78, 5) is 31.0. The van der Waals surface area contributed by atoms with Gasteiger partial charge in [0.05, 0.1) is 27.4 Å². The molecule has 0 radical (unpaired) electrons. The van der Waals surface area contributed by atoms with Gasteiger partial charge in [0.25, 0.3) is 5.91 Å². The Hall–Kier alpha value is -3.43. The zero-order valence-electron chi connectivity index (χ0n) is 20.0. The molecule has 1 aromatic heterocycles. The first-order valence-corrected chi connectivity index (χ1v) is 11.9. The molecule has 0 aliphatic rings. The molecule has 0 aliphatic heterocycles. The standard InChI is InChI=1S/C26H29FN2O5S/c1-32-11-10-28(26(31)20-13-22(33-2)15-23(14-20)34-3)18-25(30)29(17-24-5-4-12-35-24)16-19-6-8-21(27)9-7-19/h4-9,12-15H,10-11,16-18H2,1-3H3. The van der Waals surface area contributed by atoms with Crippen LogP contribution >= 0.6 is 11.3 Å². The fourth-order valence-corrected chi connectivity index (χ4v) is 4.18. The molecule has 0 atom stereocenters. The Morgan fingerprint density at radius 1 is 0.914 bits per heavy atom. The van der Waals surface area contributed by atoms with Crippen molar-refractivity contribution >= 4 is 23.2 Å². The largest absolute Gasteiger partial charge is 0.497 e. The molecule has 0 fully saturated rings. The molecule has 7 nitrogen and oxygen atoms in total. The maximum Gasteiger partial charge on any atom is 0.254 e. The van der Waals surface area contributed by atoms with Crippen LogP contribution in [0.4, 0.5) is 4.39 Å². The van der Waals surface area contributed by atoms with Gasteiger partial charge in [-0.2, -0.15) is 0 Å². The van der Waals surface area contributed by atoms with Gasteiger partial charge >= 0.3 is 0 Å². The van der Waals surface area contributed by atoms with E-state index in [1.165, 1.54) is 38.4 Å². The normalized spacial score (nSPS) is 10.6. The van der Waals surface area contributed by atoms with Crippen LogP contribution in [-0.4, -0.2) is 62.6 Å². The van der Waals surface area contributed by atoms with Gasteiger partial charge in [-0.15, -0.1) is 11.3 Å². The first kappa shape index (κ1) is 26.2. The van der Waals surface area contributed by atoms with Gasteiger partial charge in [-0.3, -0.25) is 9.59 Å². The van der Waals surface area contributed by atoms with Gasteiger partial charge in [-0.05, 0) is 41.3 Å². The van der Waals surface area contributed by atoms with E-state index in [9.17, 15) is 14.0 Å². The highest BCUT2D eigenvalue weighted by molar-refractivity contribution is 7.09. The molecular formula is C26H29FN2O5S. The quantitative estimate of drug-likeness (QED) is 0.373. The van der Waals surface area contributed by atoms with Crippen LogP contribution in [0.5, 0.6) is 11.5 Å². The zero-order chi connectivity index (χ0) is 25.2. The molecule has 186 valence electrons. The summed E-state index contributed by atoms with van der Waals surface area (Å²) in [5.74, 6) is 0.0325. The zero-order valence-corrected chi connectivity index (χ0v) is 20.8. The number of methoxy groups -OCH3 is 3. The highest BCUT2D eigenvalue weighted by Gasteiger charge is 2.24. The second-order valence-corrected chi connectivity index (χ2v) is 8.81. The summed E-state index contributed by atoms with van der Waals surface area (Å²) >= 11 is 1.54. The number of halogens is 1. The number of rotatable bonds is 12. The molecule has 0 saturated heterocycles. The van der Waals surface area contributed by atoms with E-state index in [4.69, 9.17) is 14.2 Å². The van der Waals surface area contributed by atoms with Crippen molar-refractivity contribution < 1.29 is 28.2 Å². The van der Waals surface area contributed by atoms with Crippen LogP contribution in [-0.2, 0) is 22.6 Å². The molecule has 0 N–H and O–H groups in total. The maximum absolute atomic E-state index is 13.5. The number of carbonyl (C=O) groups excluding carboxylic acids is 2. The second kappa shape index (κ2) is 12.9. The molecule has 3 rings (SSSR count). The van der Waals surface area contributed by atoms with Crippen molar-refractivity contribution in [3.8, 4) is 11.5 Å². The average Bonchev–Trinajstić information content (AvgIpc) is 3.39. The Morgan fingerprint density at radius 2 is 1.60 bits per heavy atom. The topological polar surface area (TPSA) is 68.3 Å². The highest BCUT2D eigenvalue weighted by atomic mass is 32.1. The first-order valence-electron chi connectivity index (χ1n) is 11.0. The molecule has 2 aromatic carbocycles. The third-order valence-electron chi connectivity index (χ3n) is 5.34. The highest BCUT2D eigenvalue weighted by Crippen LogP contribution is 2.24. The van der Waals surface area contributed by atoms with Crippen molar-refractivity contribution in [2.75, 3.05) is 41.0 Å². The fraction of sp³-hybridized carbons (Fsp3) is 0.308. The summed E-state index contributed by atoms with van der Waals surface area (Å²) in [6, 6.07) is 14.8. The molecule has 35 heavy (non-hydrogen) atoms. The lowest BCUT2D eigenvalue weighted by atomic mass is 10.1. The number of amides is 2. The Labute approximate surface area is 208 Å². The van der Waals surface area contributed by atoms with Crippen LogP contribution in [0.15, 0.2) is 60.0 Å². The van der Waals surface area contributed by atoms with Crippen LogP contribution in [0.25, 0.3) is 0 Å². The lowest BCUT2D eigenvalue weighted by Crippen LogP contribution is -2.43. The number of carbonyl (C=O) groups is 2. The van der Waals surface area contributed by atoms with Crippen LogP contribution in [0.3, 0.4) is 0 Å². The summed E-state index contributed by atoms with van der Waals surface area (Å²) < 4.78 is 29.1. The van der Waals surface area contributed by atoms with Gasteiger partial charge in [-0.1, -0.05) is 18.2 Å². The van der Waals surface area contributed by atoms with Gasteiger partial charge in [-0.25, -0.2) is 4.39 Å². The Kier molecular flexibility index (Phi) is 9.63. The molecule has 9 heteroatoms. The van der Waals surface area contributed by atoms with Crippen molar-refractivity contribution in [2.24, 2.45) is 0 Å². The number of nitrogens with zero attached hydrogens (tertiary/aromatic N) is 2. The predicted octanol–water partition coefficient (Wildman–Crippen LogP) is 4.22. The fourth-order valence-electron chi connectivity index (χ4n) is 3.46. The molecule has 1 heterocycles. The van der Waals surface area contributed by atoms with E-state index in [1.54, 1.807) is 46.6 Å². The first-order chi connectivity index (χ1) is 16.9. The Bertz CT molecular complexity index is 1080. The van der Waals surface area contributed by atoms with Crippen molar-refractivity contribution in [1.29, 1.82) is 0 Å². The third-order valence-corrected chi connectivity index (χ3v) is 6.20. The summed E-state index contributed by atoms with van der Waals surface area (Å²) in [6.45, 7) is 1.02. The van der Waals surface area contributed by atoms with E-state index >= 15 is 0 Å². The number of thiophene rings is 1. The number of hydrogen-bond acceptors (Lipinski definition) is 6. The smallest absolute Gasteiger partial charge is 0.254 e. The Balaban J connectivity index is 1.84. The minimum absolute atomic E-state index is 0.145. The van der Waals surface area contributed by atoms with Gasteiger partial charge in [0, 0.05) is 36.7 Å². The molecule has 0 aliphatic carbocycles. The second-order valence-electron chi connectivity index (χ2n) is 7.78. The summed E-state index contributed by atoms with van der Waals surface area (Å²) in [5.41, 5.74) is 1.14. The number of ether oxygens (including phenoxy) is 3. The predicted molar refractivity (Wildman–Crippen MR) is 132 cm³/mol. The van der Waals surface area contributed by atoms with E-state index in [2.05, 4.69) is 0 Å². The molecular weight excluding hydrogens is 471 g/mol. The average molecular weight is 501 g/mol. The number of hydrogen-bond donors (Lipinski definition) is 0. The van der Waals surface area contributed by atoms with Crippen molar-refractivity contribution in [3.05, 3.63) is 81.8 Å². The minimum Gasteiger partial charge on any atom is -0.497 e. The SMILES string of the molecule is COCCN(CC(=O)N(Cc1ccc(F)cc1)Cc1cccs1)C(=O)c1cc(OC)cc(OC)c1. The van der Waals surface area contributed by atoms with E-state index in [1.807, 2.05) is 17.5 Å². The third kappa shape index (κ3) is 7.53. The lowest BCUT2D eigenvalue weighted by Gasteiger charge is -2.28. The van der Waals surface area contributed by atoms with Crippen LogP contribution in [0.1, 0.15) is 20.8 Å². The van der Waals surface area contributed by atoms with Crippen molar-refractivity contribution in [2.45, 2.75) is 13.1 Å². The van der Waals surface area contributed by atoms with Crippen molar-refractivity contribution in [1.82, 2.24) is 9.80 Å². The summed E-state index contributed by atoms with van der Waals surface area (Å²) in [6.07, 6.45) is 0. The summed E-state index contributed by atoms with van der Waals surface area (Å²) in [7, 11) is 4.55. The summed E-state index contributed by atoms with van der Waals surface area (Å²) in [5, 5.41) is 1.94. The van der Waals surface area contributed by atoms with Crippen molar-refractivity contribution in [3.63, 3.8) is 0 Å². The molecule has 3 aromatic rings. The van der Waals surface area contributed by atoms with E-state index in [0.717, 1.165) is 10.4 Å². The van der Waals surface area contributed by atoms with E-state index < -0.39 is 0 Å². The van der Waals surface area contributed by atoms with E-state index in [-0.39, 0.29) is 43.9 Å². The van der Waals surface area contributed by atoms with Gasteiger partial charge in [0.15, 0.2) is 0 Å². The van der Waals surface area contributed by atoms with Gasteiger partial charge in [0.1, 0.15) is 23.9 Å². The maximum atomic E-state index is 13.5. The molecule has 0 bridgehead atoms. The monoisotopic (exact) mass is 500 g/mol.